The maximum atomic E-state index is 9.66. The summed E-state index contributed by atoms with van der Waals surface area (Å²) in [5.41, 5.74) is 5.42. The average Bonchev–Trinajstić information content (AvgIpc) is 3.38. The largest absolute Gasteiger partial charge is 0.508 e. The van der Waals surface area contributed by atoms with E-state index in [2.05, 4.69) is 34.3 Å². The molecule has 0 amide bonds. The van der Waals surface area contributed by atoms with Crippen molar-refractivity contribution in [3.05, 3.63) is 72.1 Å². The molecule has 0 aliphatic rings. The summed E-state index contributed by atoms with van der Waals surface area (Å²) in [6.45, 7) is 2.07. The van der Waals surface area contributed by atoms with Crippen LogP contribution in [0.2, 0.25) is 0 Å². The molecule has 0 aliphatic heterocycles. The van der Waals surface area contributed by atoms with Crippen LogP contribution in [0.25, 0.3) is 31.6 Å². The van der Waals surface area contributed by atoms with Gasteiger partial charge in [0.25, 0.3) is 0 Å². The number of phenols is 1. The zero-order valence-electron chi connectivity index (χ0n) is 15.5. The molecule has 0 saturated heterocycles. The molecule has 0 unspecified atom stereocenters. The van der Waals surface area contributed by atoms with Crippen molar-refractivity contribution in [1.29, 1.82) is 5.26 Å². The van der Waals surface area contributed by atoms with E-state index < -0.39 is 0 Å². The predicted molar refractivity (Wildman–Crippen MR) is 118 cm³/mol. The van der Waals surface area contributed by atoms with E-state index in [1.807, 2.05) is 36.5 Å². The van der Waals surface area contributed by atoms with Gasteiger partial charge in [0.1, 0.15) is 16.6 Å². The van der Waals surface area contributed by atoms with Crippen molar-refractivity contribution in [1.82, 2.24) is 9.97 Å². The fourth-order valence-electron chi connectivity index (χ4n) is 3.53. The van der Waals surface area contributed by atoms with Gasteiger partial charge >= 0.3 is 0 Å². The summed E-state index contributed by atoms with van der Waals surface area (Å²) >= 11 is 1.56. The van der Waals surface area contributed by atoms with E-state index in [0.29, 0.717) is 5.56 Å². The Kier molecular flexibility index (Phi) is 3.97. The molecule has 0 atom stereocenters. The minimum absolute atomic E-state index is 0.234. The number of hydrogen-bond acceptors (Lipinski definition) is 5. The third-order valence-electron chi connectivity index (χ3n) is 5.10. The van der Waals surface area contributed by atoms with Crippen LogP contribution in [-0.4, -0.2) is 15.1 Å². The van der Waals surface area contributed by atoms with Gasteiger partial charge in [0.05, 0.1) is 11.3 Å². The SMILES string of the molecule is Cc1c(Nc2c(C#N)cnc3sc(-c4ccc(O)cc4)cc23)ccc2[nH]ccc12. The monoisotopic (exact) mass is 396 g/mol. The van der Waals surface area contributed by atoms with Gasteiger partial charge in [0.15, 0.2) is 0 Å². The Morgan fingerprint density at radius 1 is 1.10 bits per heavy atom. The fraction of sp³-hybridized carbons (Fsp3) is 0.0435. The number of phenolic OH excluding ortho intramolecular Hbond substituents is 1. The Labute approximate surface area is 170 Å². The maximum Gasteiger partial charge on any atom is 0.126 e. The molecule has 3 aromatic heterocycles. The molecule has 3 heterocycles. The fourth-order valence-corrected chi connectivity index (χ4v) is 4.55. The number of H-pyrrole nitrogens is 1. The molecule has 0 aliphatic carbocycles. The number of aromatic nitrogens is 2. The van der Waals surface area contributed by atoms with Crippen molar-refractivity contribution in [3.63, 3.8) is 0 Å². The minimum Gasteiger partial charge on any atom is -0.508 e. The summed E-state index contributed by atoms with van der Waals surface area (Å²) < 4.78 is 0. The van der Waals surface area contributed by atoms with Crippen LogP contribution in [0.3, 0.4) is 0 Å². The van der Waals surface area contributed by atoms with E-state index in [9.17, 15) is 10.4 Å². The van der Waals surface area contributed by atoms with Gasteiger partial charge in [-0.15, -0.1) is 11.3 Å². The first kappa shape index (κ1) is 17.3. The third kappa shape index (κ3) is 2.89. The molecule has 0 saturated carbocycles. The summed E-state index contributed by atoms with van der Waals surface area (Å²) in [5.74, 6) is 0.234. The number of aromatic amines is 1. The lowest BCUT2D eigenvalue weighted by Gasteiger charge is -2.12. The number of nitrogens with one attached hydrogen (secondary N) is 2. The number of nitriles is 1. The lowest BCUT2D eigenvalue weighted by molar-refractivity contribution is 0.475. The summed E-state index contributed by atoms with van der Waals surface area (Å²) in [6.07, 6.45) is 3.54. The smallest absolute Gasteiger partial charge is 0.126 e. The number of thiophene rings is 1. The average molecular weight is 396 g/mol. The van der Waals surface area contributed by atoms with Gasteiger partial charge in [-0.3, -0.25) is 0 Å². The maximum absolute atomic E-state index is 9.66. The molecular formula is C23H16N4OS. The van der Waals surface area contributed by atoms with Crippen molar-refractivity contribution in [2.45, 2.75) is 6.92 Å². The Balaban J connectivity index is 1.66. The molecule has 0 bridgehead atoms. The molecule has 29 heavy (non-hydrogen) atoms. The van der Waals surface area contributed by atoms with Crippen molar-refractivity contribution in [2.24, 2.45) is 0 Å². The number of benzene rings is 2. The van der Waals surface area contributed by atoms with E-state index in [4.69, 9.17) is 0 Å². The Morgan fingerprint density at radius 2 is 1.93 bits per heavy atom. The van der Waals surface area contributed by atoms with Crippen LogP contribution in [0.4, 0.5) is 11.4 Å². The lowest BCUT2D eigenvalue weighted by Crippen LogP contribution is -1.97. The minimum atomic E-state index is 0.234. The van der Waals surface area contributed by atoms with Crippen molar-refractivity contribution >= 4 is 43.8 Å². The second-order valence-electron chi connectivity index (χ2n) is 6.84. The summed E-state index contributed by atoms with van der Waals surface area (Å²) in [4.78, 5) is 9.59. The first-order valence-electron chi connectivity index (χ1n) is 9.10. The van der Waals surface area contributed by atoms with Crippen LogP contribution in [0, 0.1) is 18.3 Å². The summed E-state index contributed by atoms with van der Waals surface area (Å²) in [5, 5.41) is 24.7. The number of rotatable bonds is 3. The van der Waals surface area contributed by atoms with E-state index in [1.165, 1.54) is 0 Å². The number of anilines is 2. The molecule has 6 heteroatoms. The molecule has 0 spiro atoms. The zero-order chi connectivity index (χ0) is 20.0. The number of aryl methyl sites for hydroxylation is 1. The van der Waals surface area contributed by atoms with E-state index in [0.717, 1.165) is 48.5 Å². The highest BCUT2D eigenvalue weighted by atomic mass is 32.1. The quantitative estimate of drug-likeness (QED) is 0.345. The lowest BCUT2D eigenvalue weighted by atomic mass is 10.1. The van der Waals surface area contributed by atoms with E-state index in [1.54, 1.807) is 29.7 Å². The molecule has 5 aromatic rings. The second kappa shape index (κ2) is 6.66. The van der Waals surface area contributed by atoms with Crippen molar-refractivity contribution in [3.8, 4) is 22.3 Å². The van der Waals surface area contributed by atoms with Crippen LogP contribution in [0.15, 0.2) is 60.9 Å². The van der Waals surface area contributed by atoms with Crippen molar-refractivity contribution in [2.75, 3.05) is 5.32 Å². The van der Waals surface area contributed by atoms with Gasteiger partial charge in [-0.1, -0.05) is 0 Å². The van der Waals surface area contributed by atoms with Gasteiger partial charge in [-0.25, -0.2) is 4.98 Å². The second-order valence-corrected chi connectivity index (χ2v) is 7.87. The molecule has 0 radical (unpaired) electrons. The van der Waals surface area contributed by atoms with Crippen LogP contribution in [-0.2, 0) is 0 Å². The Morgan fingerprint density at radius 3 is 2.72 bits per heavy atom. The molecule has 140 valence electrons. The molecule has 3 N–H and O–H groups in total. The van der Waals surface area contributed by atoms with Crippen LogP contribution in [0.1, 0.15) is 11.1 Å². The highest BCUT2D eigenvalue weighted by Crippen LogP contribution is 2.39. The van der Waals surface area contributed by atoms with E-state index >= 15 is 0 Å². The highest BCUT2D eigenvalue weighted by Gasteiger charge is 2.15. The molecule has 5 rings (SSSR count). The van der Waals surface area contributed by atoms with Crippen LogP contribution < -0.4 is 5.32 Å². The summed E-state index contributed by atoms with van der Waals surface area (Å²) in [7, 11) is 0. The molecular weight excluding hydrogens is 380 g/mol. The standard InChI is InChI=1S/C23H16N4OS/c1-13-17-8-9-25-20(17)7-6-19(13)27-22-15(11-24)12-26-23-18(22)10-21(29-23)14-2-4-16(28)5-3-14/h2-10,12,25,28H,1H3,(H,26,27). The highest BCUT2D eigenvalue weighted by molar-refractivity contribution is 7.21. The predicted octanol–water partition coefficient (Wildman–Crippen LogP) is 6.07. The normalized spacial score (nSPS) is 11.0. The van der Waals surface area contributed by atoms with Gasteiger partial charge in [0.2, 0.25) is 0 Å². The molecule has 2 aromatic carbocycles. The Bertz CT molecular complexity index is 1410. The van der Waals surface area contributed by atoms with Gasteiger partial charge < -0.3 is 15.4 Å². The van der Waals surface area contributed by atoms with Gasteiger partial charge in [-0.2, -0.15) is 5.26 Å². The first-order chi connectivity index (χ1) is 14.1. The van der Waals surface area contributed by atoms with Crippen LogP contribution in [0.5, 0.6) is 5.75 Å². The van der Waals surface area contributed by atoms with E-state index in [-0.39, 0.29) is 5.75 Å². The zero-order valence-corrected chi connectivity index (χ0v) is 16.3. The number of nitrogens with zero attached hydrogens (tertiary/aromatic N) is 2. The summed E-state index contributed by atoms with van der Waals surface area (Å²) in [6, 6.07) is 17.5. The van der Waals surface area contributed by atoms with Crippen molar-refractivity contribution < 1.29 is 5.11 Å². The number of fused-ring (bicyclic) bond motifs is 2. The van der Waals surface area contributed by atoms with Gasteiger partial charge in [0, 0.05) is 39.2 Å². The van der Waals surface area contributed by atoms with Gasteiger partial charge in [-0.05, 0) is 66.6 Å². The Hall–Kier alpha value is -3.82. The number of hydrogen-bond donors (Lipinski definition) is 3. The van der Waals surface area contributed by atoms with Crippen LogP contribution >= 0.6 is 11.3 Å². The third-order valence-corrected chi connectivity index (χ3v) is 6.19. The topological polar surface area (TPSA) is 84.7 Å². The number of pyridine rings is 1. The number of aromatic hydroxyl groups is 1. The molecule has 0 fully saturated rings. The molecule has 5 nitrogen and oxygen atoms in total. The first-order valence-corrected chi connectivity index (χ1v) is 9.91.